The van der Waals surface area contributed by atoms with E-state index in [4.69, 9.17) is 0 Å². The summed E-state index contributed by atoms with van der Waals surface area (Å²) < 4.78 is 0. The van der Waals surface area contributed by atoms with Crippen molar-refractivity contribution < 1.29 is 9.90 Å². The molecule has 1 amide bonds. The maximum absolute atomic E-state index is 12.8. The number of benzene rings is 1. The molecule has 0 aliphatic heterocycles. The number of nitrogens with zero attached hydrogens (tertiary/aromatic N) is 1. The number of rotatable bonds is 10. The first-order valence-electron chi connectivity index (χ1n) is 9.40. The molecule has 0 bridgehead atoms. The predicted molar refractivity (Wildman–Crippen MR) is 105 cm³/mol. The second-order valence-electron chi connectivity index (χ2n) is 7.81. The van der Waals surface area contributed by atoms with Crippen molar-refractivity contribution in [2.75, 3.05) is 26.7 Å². The van der Waals surface area contributed by atoms with Crippen molar-refractivity contribution in [2.24, 2.45) is 11.8 Å². The molecule has 0 aromatic heterocycles. The summed E-state index contributed by atoms with van der Waals surface area (Å²) in [5, 5.41) is 12.6. The Morgan fingerprint density at radius 3 is 2.32 bits per heavy atom. The topological polar surface area (TPSA) is 52.6 Å². The highest BCUT2D eigenvalue weighted by atomic mass is 16.3. The third kappa shape index (κ3) is 5.82. The van der Waals surface area contributed by atoms with Gasteiger partial charge in [0.25, 0.3) is 0 Å². The van der Waals surface area contributed by atoms with E-state index in [0.717, 1.165) is 13.0 Å². The first kappa shape index (κ1) is 21.7. The van der Waals surface area contributed by atoms with Gasteiger partial charge in [0.1, 0.15) is 0 Å². The van der Waals surface area contributed by atoms with Gasteiger partial charge >= 0.3 is 0 Å². The van der Waals surface area contributed by atoms with E-state index in [2.05, 4.69) is 57.0 Å². The van der Waals surface area contributed by atoms with Crippen LogP contribution in [0.3, 0.4) is 0 Å². The second-order valence-corrected chi connectivity index (χ2v) is 7.81. The van der Waals surface area contributed by atoms with Crippen LogP contribution in [0.1, 0.15) is 46.6 Å². The summed E-state index contributed by atoms with van der Waals surface area (Å²) in [5.41, 5.74) is 0.978. The van der Waals surface area contributed by atoms with Crippen molar-refractivity contribution in [1.29, 1.82) is 0 Å². The van der Waals surface area contributed by atoms with Gasteiger partial charge in [0.05, 0.1) is 6.61 Å². The maximum atomic E-state index is 12.8. The van der Waals surface area contributed by atoms with E-state index < -0.39 is 0 Å². The lowest BCUT2D eigenvalue weighted by molar-refractivity contribution is -0.127. The fourth-order valence-corrected chi connectivity index (χ4v) is 3.60. The summed E-state index contributed by atoms with van der Waals surface area (Å²) in [4.78, 5) is 14.9. The molecule has 4 nitrogen and oxygen atoms in total. The molecule has 1 aromatic rings. The number of carbonyl (C=O) groups is 1. The van der Waals surface area contributed by atoms with E-state index in [1.54, 1.807) is 0 Å². The Hall–Kier alpha value is -1.39. The molecule has 2 N–H and O–H groups in total. The lowest BCUT2D eigenvalue weighted by atomic mass is 9.71. The molecular weight excluding hydrogens is 312 g/mol. The van der Waals surface area contributed by atoms with Crippen LogP contribution in [-0.2, 0) is 10.2 Å². The van der Waals surface area contributed by atoms with Gasteiger partial charge in [-0.05, 0) is 24.9 Å². The zero-order chi connectivity index (χ0) is 19.0. The standard InChI is InChI=1S/C21H36N2O2/c1-7-18(21(4,5)17-11-9-8-10-12-17)20(25)22-13-14-23(6)19(15-24)16(2)3/h8-12,16,18-19,24H,7,13-15H2,1-6H3,(H,22,25)/t18-,19-/m1/s1. The molecule has 142 valence electrons. The summed E-state index contributed by atoms with van der Waals surface area (Å²) in [5.74, 6) is 0.417. The Morgan fingerprint density at radius 1 is 1.24 bits per heavy atom. The number of likely N-dealkylation sites (N-methyl/N-ethyl adjacent to an activating group) is 1. The lowest BCUT2D eigenvalue weighted by Gasteiger charge is -2.34. The minimum Gasteiger partial charge on any atom is -0.395 e. The molecule has 0 aliphatic rings. The summed E-state index contributed by atoms with van der Waals surface area (Å²) in [7, 11) is 2.00. The van der Waals surface area contributed by atoms with Crippen LogP contribution in [-0.4, -0.2) is 48.7 Å². The first-order valence-corrected chi connectivity index (χ1v) is 9.40. The number of aliphatic hydroxyl groups excluding tert-OH is 1. The van der Waals surface area contributed by atoms with Gasteiger partial charge in [-0.1, -0.05) is 65.0 Å². The second kappa shape index (κ2) is 9.93. The van der Waals surface area contributed by atoms with Crippen LogP contribution in [0.2, 0.25) is 0 Å². The van der Waals surface area contributed by atoms with Gasteiger partial charge in [-0.15, -0.1) is 0 Å². The van der Waals surface area contributed by atoms with Gasteiger partial charge in [-0.3, -0.25) is 9.69 Å². The SMILES string of the molecule is CC[C@H](C(=O)NCCN(C)[C@H](CO)C(C)C)C(C)(C)c1ccccc1. The zero-order valence-electron chi connectivity index (χ0n) is 16.7. The van der Waals surface area contributed by atoms with Crippen molar-refractivity contribution in [1.82, 2.24) is 10.2 Å². The van der Waals surface area contributed by atoms with Gasteiger partial charge in [-0.25, -0.2) is 0 Å². The minimum atomic E-state index is -0.211. The van der Waals surface area contributed by atoms with Crippen LogP contribution in [0.25, 0.3) is 0 Å². The number of hydrogen-bond acceptors (Lipinski definition) is 3. The van der Waals surface area contributed by atoms with Crippen molar-refractivity contribution in [3.8, 4) is 0 Å². The molecule has 0 heterocycles. The Labute approximate surface area is 153 Å². The highest BCUT2D eigenvalue weighted by molar-refractivity contribution is 5.80. The average molecular weight is 349 g/mol. The smallest absolute Gasteiger partial charge is 0.224 e. The summed E-state index contributed by atoms with van der Waals surface area (Å²) in [6, 6.07) is 10.4. The number of aliphatic hydroxyl groups is 1. The lowest BCUT2D eigenvalue weighted by Crippen LogP contribution is -2.46. The fraction of sp³-hybridized carbons (Fsp3) is 0.667. The quantitative estimate of drug-likeness (QED) is 0.683. The number of hydrogen-bond donors (Lipinski definition) is 2. The summed E-state index contributed by atoms with van der Waals surface area (Å²) in [6.07, 6.45) is 0.800. The number of amides is 1. The van der Waals surface area contributed by atoms with E-state index in [1.165, 1.54) is 5.56 Å². The number of nitrogens with one attached hydrogen (secondary N) is 1. The van der Waals surface area contributed by atoms with Crippen LogP contribution in [0.4, 0.5) is 0 Å². The van der Waals surface area contributed by atoms with Crippen molar-refractivity contribution in [3.05, 3.63) is 35.9 Å². The van der Waals surface area contributed by atoms with Crippen LogP contribution in [0.5, 0.6) is 0 Å². The molecule has 4 heteroatoms. The molecule has 0 radical (unpaired) electrons. The van der Waals surface area contributed by atoms with Gasteiger partial charge in [0, 0.05) is 30.5 Å². The molecule has 0 fully saturated rings. The molecule has 0 unspecified atom stereocenters. The van der Waals surface area contributed by atoms with Gasteiger partial charge < -0.3 is 10.4 Å². The Kier molecular flexibility index (Phi) is 8.60. The Bertz CT molecular complexity index is 514. The molecule has 2 atom stereocenters. The first-order chi connectivity index (χ1) is 11.8. The molecule has 0 spiro atoms. The van der Waals surface area contributed by atoms with Crippen molar-refractivity contribution in [2.45, 2.75) is 52.5 Å². The molecule has 0 saturated carbocycles. The van der Waals surface area contributed by atoms with Crippen molar-refractivity contribution >= 4 is 5.91 Å². The minimum absolute atomic E-state index is 0.0704. The third-order valence-electron chi connectivity index (χ3n) is 5.40. The van der Waals surface area contributed by atoms with Crippen molar-refractivity contribution in [3.63, 3.8) is 0 Å². The monoisotopic (exact) mass is 348 g/mol. The largest absolute Gasteiger partial charge is 0.395 e. The van der Waals surface area contributed by atoms with E-state index in [0.29, 0.717) is 12.5 Å². The van der Waals surface area contributed by atoms with E-state index >= 15 is 0 Å². The Morgan fingerprint density at radius 2 is 1.84 bits per heavy atom. The van der Waals surface area contributed by atoms with E-state index in [9.17, 15) is 9.90 Å². The van der Waals surface area contributed by atoms with Gasteiger partial charge in [0.15, 0.2) is 0 Å². The highest BCUT2D eigenvalue weighted by Crippen LogP contribution is 2.33. The van der Waals surface area contributed by atoms with Crippen LogP contribution >= 0.6 is 0 Å². The fourth-order valence-electron chi connectivity index (χ4n) is 3.60. The maximum Gasteiger partial charge on any atom is 0.224 e. The predicted octanol–water partition coefficient (Wildman–Crippen LogP) is 3.06. The van der Waals surface area contributed by atoms with Gasteiger partial charge in [0.2, 0.25) is 5.91 Å². The molecule has 0 saturated heterocycles. The third-order valence-corrected chi connectivity index (χ3v) is 5.40. The van der Waals surface area contributed by atoms with Crippen LogP contribution < -0.4 is 5.32 Å². The average Bonchev–Trinajstić information content (AvgIpc) is 2.56. The molecule has 1 rings (SSSR count). The zero-order valence-corrected chi connectivity index (χ0v) is 16.7. The molecular formula is C21H36N2O2. The molecule has 25 heavy (non-hydrogen) atoms. The van der Waals surface area contributed by atoms with E-state index in [-0.39, 0.29) is 29.9 Å². The van der Waals surface area contributed by atoms with Crippen LogP contribution in [0.15, 0.2) is 30.3 Å². The molecule has 1 aromatic carbocycles. The molecule has 0 aliphatic carbocycles. The number of carbonyl (C=O) groups excluding carboxylic acids is 1. The summed E-state index contributed by atoms with van der Waals surface area (Å²) >= 11 is 0. The van der Waals surface area contributed by atoms with E-state index in [1.807, 2.05) is 25.2 Å². The normalized spacial score (nSPS) is 14.6. The Balaban J connectivity index is 2.65. The highest BCUT2D eigenvalue weighted by Gasteiger charge is 2.35. The van der Waals surface area contributed by atoms with Crippen LogP contribution in [0, 0.1) is 11.8 Å². The van der Waals surface area contributed by atoms with Gasteiger partial charge in [-0.2, -0.15) is 0 Å². The summed E-state index contributed by atoms with van der Waals surface area (Å²) in [6.45, 7) is 12.0.